The molecule has 0 amide bonds. The molecule has 0 saturated carbocycles. The number of rotatable bonds is 8. The standard InChI is InChI=1S/C10H19ClO4S/c1-3-5-6-9(4-2)7-15-10(12)8-16(11,13)14/h9H,3-8H2,1-2H3. The van der Waals surface area contributed by atoms with Gasteiger partial charge >= 0.3 is 5.97 Å². The van der Waals surface area contributed by atoms with Gasteiger partial charge in [-0.3, -0.25) is 4.79 Å². The van der Waals surface area contributed by atoms with Crippen LogP contribution in [0.3, 0.4) is 0 Å². The SMILES string of the molecule is CCCCC(CC)COC(=O)CS(=O)(=O)Cl. The lowest BCUT2D eigenvalue weighted by molar-refractivity contribution is -0.141. The second-order valence-corrected chi connectivity index (χ2v) is 6.56. The molecule has 16 heavy (non-hydrogen) atoms. The van der Waals surface area contributed by atoms with Crippen LogP contribution in [-0.4, -0.2) is 26.7 Å². The molecule has 0 rings (SSSR count). The third-order valence-electron chi connectivity index (χ3n) is 2.31. The molecule has 96 valence electrons. The first-order valence-electron chi connectivity index (χ1n) is 5.47. The Morgan fingerprint density at radius 1 is 1.38 bits per heavy atom. The largest absolute Gasteiger partial charge is 0.465 e. The highest BCUT2D eigenvalue weighted by atomic mass is 35.7. The van der Waals surface area contributed by atoms with Crippen LogP contribution in [0.15, 0.2) is 0 Å². The highest BCUT2D eigenvalue weighted by Crippen LogP contribution is 2.13. The summed E-state index contributed by atoms with van der Waals surface area (Å²) in [7, 11) is 1.13. The Kier molecular flexibility index (Phi) is 7.76. The first-order chi connectivity index (χ1) is 7.39. The predicted molar refractivity (Wildman–Crippen MR) is 63.9 cm³/mol. The number of halogens is 1. The molecule has 0 aromatic carbocycles. The maximum Gasteiger partial charge on any atom is 0.322 e. The van der Waals surface area contributed by atoms with E-state index in [0.29, 0.717) is 5.92 Å². The molecule has 0 fully saturated rings. The Bertz CT molecular complexity index is 300. The van der Waals surface area contributed by atoms with Crippen LogP contribution in [0, 0.1) is 5.92 Å². The number of unbranched alkanes of at least 4 members (excludes halogenated alkanes) is 1. The molecule has 0 aromatic rings. The van der Waals surface area contributed by atoms with Crippen molar-refractivity contribution in [1.29, 1.82) is 0 Å². The highest BCUT2D eigenvalue weighted by Gasteiger charge is 2.16. The molecule has 1 atom stereocenters. The first-order valence-corrected chi connectivity index (χ1v) is 7.94. The van der Waals surface area contributed by atoms with Crippen molar-refractivity contribution >= 4 is 25.7 Å². The molecular weight excluding hydrogens is 252 g/mol. The molecule has 0 heterocycles. The van der Waals surface area contributed by atoms with Gasteiger partial charge in [0, 0.05) is 10.7 Å². The average molecular weight is 271 g/mol. The van der Waals surface area contributed by atoms with Crippen molar-refractivity contribution in [2.75, 3.05) is 12.4 Å². The zero-order chi connectivity index (χ0) is 12.6. The van der Waals surface area contributed by atoms with E-state index in [-0.39, 0.29) is 6.61 Å². The lowest BCUT2D eigenvalue weighted by Crippen LogP contribution is -2.19. The van der Waals surface area contributed by atoms with E-state index in [9.17, 15) is 13.2 Å². The number of hydrogen-bond donors (Lipinski definition) is 0. The van der Waals surface area contributed by atoms with Crippen LogP contribution in [0.5, 0.6) is 0 Å². The van der Waals surface area contributed by atoms with Gasteiger partial charge in [-0.15, -0.1) is 0 Å². The molecule has 0 aliphatic heterocycles. The summed E-state index contributed by atoms with van der Waals surface area (Å²) in [5, 5.41) is 0. The molecule has 1 unspecified atom stereocenters. The summed E-state index contributed by atoms with van der Waals surface area (Å²) >= 11 is 0. The number of carbonyl (C=O) groups excluding carboxylic acids is 1. The predicted octanol–water partition coefficient (Wildman–Crippen LogP) is 2.31. The summed E-state index contributed by atoms with van der Waals surface area (Å²) in [6.45, 7) is 4.40. The minimum absolute atomic E-state index is 0.280. The van der Waals surface area contributed by atoms with Crippen LogP contribution < -0.4 is 0 Å². The average Bonchev–Trinajstić information content (AvgIpc) is 2.15. The minimum Gasteiger partial charge on any atom is -0.465 e. The first kappa shape index (κ1) is 15.7. The fourth-order valence-corrected chi connectivity index (χ4v) is 1.92. The third-order valence-corrected chi connectivity index (χ3v) is 3.22. The van der Waals surface area contributed by atoms with Crippen molar-refractivity contribution in [2.45, 2.75) is 39.5 Å². The van der Waals surface area contributed by atoms with Gasteiger partial charge < -0.3 is 4.74 Å². The molecule has 4 nitrogen and oxygen atoms in total. The smallest absolute Gasteiger partial charge is 0.322 e. The summed E-state index contributed by atoms with van der Waals surface area (Å²) in [4.78, 5) is 11.1. The monoisotopic (exact) mass is 270 g/mol. The zero-order valence-corrected chi connectivity index (χ0v) is 11.3. The molecule has 6 heteroatoms. The van der Waals surface area contributed by atoms with E-state index in [1.165, 1.54) is 0 Å². The van der Waals surface area contributed by atoms with E-state index in [0.717, 1.165) is 25.7 Å². The quantitative estimate of drug-likeness (QED) is 0.502. The van der Waals surface area contributed by atoms with Gasteiger partial charge in [0.1, 0.15) is 0 Å². The molecule has 0 aromatic heterocycles. The van der Waals surface area contributed by atoms with Crippen LogP contribution >= 0.6 is 10.7 Å². The summed E-state index contributed by atoms with van der Waals surface area (Å²) in [6, 6.07) is 0. The van der Waals surface area contributed by atoms with Gasteiger partial charge in [-0.1, -0.05) is 33.1 Å². The number of ether oxygens (including phenoxy) is 1. The third kappa shape index (κ3) is 8.97. The normalized spacial score (nSPS) is 13.4. The number of esters is 1. The van der Waals surface area contributed by atoms with Crippen molar-refractivity contribution in [3.05, 3.63) is 0 Å². The Balaban J connectivity index is 3.88. The highest BCUT2D eigenvalue weighted by molar-refractivity contribution is 8.14. The van der Waals surface area contributed by atoms with Gasteiger partial charge in [-0.05, 0) is 12.3 Å². The van der Waals surface area contributed by atoms with Crippen LogP contribution in [0.2, 0.25) is 0 Å². The fourth-order valence-electron chi connectivity index (χ4n) is 1.29. The van der Waals surface area contributed by atoms with Crippen molar-refractivity contribution in [3.8, 4) is 0 Å². The van der Waals surface area contributed by atoms with Gasteiger partial charge in [0.2, 0.25) is 9.05 Å². The molecule has 0 saturated heterocycles. The van der Waals surface area contributed by atoms with Gasteiger partial charge in [0.15, 0.2) is 5.75 Å². The van der Waals surface area contributed by atoms with Crippen LogP contribution in [0.25, 0.3) is 0 Å². The second kappa shape index (κ2) is 7.90. The van der Waals surface area contributed by atoms with Crippen LogP contribution in [0.1, 0.15) is 39.5 Å². The van der Waals surface area contributed by atoms with E-state index in [1.807, 2.05) is 6.92 Å². The van der Waals surface area contributed by atoms with Gasteiger partial charge in [0.05, 0.1) is 6.61 Å². The molecule has 0 N–H and O–H groups in total. The molecule has 0 radical (unpaired) electrons. The number of hydrogen-bond acceptors (Lipinski definition) is 4. The topological polar surface area (TPSA) is 60.4 Å². The van der Waals surface area contributed by atoms with Gasteiger partial charge in [-0.2, -0.15) is 0 Å². The van der Waals surface area contributed by atoms with Crippen molar-refractivity contribution < 1.29 is 17.9 Å². The van der Waals surface area contributed by atoms with Gasteiger partial charge in [0.25, 0.3) is 0 Å². The van der Waals surface area contributed by atoms with E-state index in [2.05, 4.69) is 6.92 Å². The van der Waals surface area contributed by atoms with E-state index < -0.39 is 20.8 Å². The Morgan fingerprint density at radius 3 is 2.44 bits per heavy atom. The second-order valence-electron chi connectivity index (χ2n) is 3.78. The Labute approximate surface area is 102 Å². The fraction of sp³-hybridized carbons (Fsp3) is 0.900. The van der Waals surface area contributed by atoms with Crippen molar-refractivity contribution in [1.82, 2.24) is 0 Å². The van der Waals surface area contributed by atoms with E-state index in [1.54, 1.807) is 0 Å². The molecule has 0 bridgehead atoms. The molecule has 0 aliphatic rings. The lowest BCUT2D eigenvalue weighted by Gasteiger charge is -2.14. The van der Waals surface area contributed by atoms with Crippen LogP contribution in [-0.2, 0) is 18.6 Å². The van der Waals surface area contributed by atoms with Crippen LogP contribution in [0.4, 0.5) is 0 Å². The van der Waals surface area contributed by atoms with Gasteiger partial charge in [-0.25, -0.2) is 8.42 Å². The maximum atomic E-state index is 11.1. The van der Waals surface area contributed by atoms with E-state index in [4.69, 9.17) is 15.4 Å². The molecule has 0 aliphatic carbocycles. The van der Waals surface area contributed by atoms with Crippen molar-refractivity contribution in [3.63, 3.8) is 0 Å². The van der Waals surface area contributed by atoms with Crippen molar-refractivity contribution in [2.24, 2.45) is 5.92 Å². The minimum atomic E-state index is -3.80. The summed E-state index contributed by atoms with van der Waals surface area (Å²) in [6.07, 6.45) is 4.10. The molecule has 0 spiro atoms. The van der Waals surface area contributed by atoms with E-state index >= 15 is 0 Å². The summed E-state index contributed by atoms with van der Waals surface area (Å²) < 4.78 is 26.1. The number of carbonyl (C=O) groups is 1. The molecular formula is C10H19ClO4S. The zero-order valence-electron chi connectivity index (χ0n) is 9.74. The Hall–Kier alpha value is -0.290. The summed E-state index contributed by atoms with van der Waals surface area (Å²) in [5.41, 5.74) is 0. The Morgan fingerprint density at radius 2 is 2.00 bits per heavy atom. The summed E-state index contributed by atoms with van der Waals surface area (Å²) in [5.74, 6) is -1.22. The maximum absolute atomic E-state index is 11.1. The lowest BCUT2D eigenvalue weighted by atomic mass is 10.0.